The van der Waals surface area contributed by atoms with Crippen LogP contribution in [-0.2, 0) is 4.79 Å². The normalized spacial score (nSPS) is 15.1. The van der Waals surface area contributed by atoms with Gasteiger partial charge in [0.2, 0.25) is 5.91 Å². The molecule has 1 aromatic carbocycles. The van der Waals surface area contributed by atoms with Crippen molar-refractivity contribution >= 4 is 32.6 Å². The highest BCUT2D eigenvalue weighted by Crippen LogP contribution is 2.39. The second kappa shape index (κ2) is 9.23. The summed E-state index contributed by atoms with van der Waals surface area (Å²) in [7, 11) is 3.29. The molecule has 0 aliphatic carbocycles. The van der Waals surface area contributed by atoms with Crippen LogP contribution in [0.15, 0.2) is 12.1 Å². The Kier molecular flexibility index (Phi) is 6.73. The summed E-state index contributed by atoms with van der Waals surface area (Å²) in [5, 5.41) is 4.01. The number of anilines is 1. The van der Waals surface area contributed by atoms with Crippen molar-refractivity contribution in [2.75, 3.05) is 58.4 Å². The fraction of sp³-hybridized carbons (Fsp3) is 0.579. The first-order chi connectivity index (χ1) is 13.2. The predicted molar refractivity (Wildman–Crippen MR) is 109 cm³/mol. The monoisotopic (exact) mass is 392 g/mol. The van der Waals surface area contributed by atoms with Gasteiger partial charge >= 0.3 is 0 Å². The summed E-state index contributed by atoms with van der Waals surface area (Å²) >= 11 is 1.68. The molecule has 148 valence electrons. The van der Waals surface area contributed by atoms with Crippen molar-refractivity contribution in [3.63, 3.8) is 0 Å². The number of rotatable bonds is 8. The van der Waals surface area contributed by atoms with Crippen molar-refractivity contribution in [3.8, 4) is 11.5 Å². The van der Waals surface area contributed by atoms with Gasteiger partial charge in [-0.15, -0.1) is 0 Å². The number of hydrogen-bond acceptors (Lipinski definition) is 7. The Bertz CT molecular complexity index is 772. The highest BCUT2D eigenvalue weighted by atomic mass is 32.1. The highest BCUT2D eigenvalue weighted by molar-refractivity contribution is 7.22. The minimum absolute atomic E-state index is 0.148. The van der Waals surface area contributed by atoms with Gasteiger partial charge in [-0.05, 0) is 18.6 Å². The molecule has 0 bridgehead atoms. The average Bonchev–Trinajstić information content (AvgIpc) is 3.12. The van der Waals surface area contributed by atoms with E-state index in [2.05, 4.69) is 15.1 Å². The predicted octanol–water partition coefficient (Wildman–Crippen LogP) is 2.35. The zero-order valence-electron chi connectivity index (χ0n) is 16.3. The maximum atomic E-state index is 11.5. The highest BCUT2D eigenvalue weighted by Gasteiger charge is 2.21. The van der Waals surface area contributed by atoms with Crippen molar-refractivity contribution in [3.05, 3.63) is 12.1 Å². The van der Waals surface area contributed by atoms with Gasteiger partial charge in [0.25, 0.3) is 0 Å². The number of amides is 1. The first kappa shape index (κ1) is 19.7. The summed E-state index contributed by atoms with van der Waals surface area (Å²) in [6, 6.07) is 3.96. The van der Waals surface area contributed by atoms with E-state index in [1.54, 1.807) is 25.6 Å². The van der Waals surface area contributed by atoms with Crippen LogP contribution in [0.1, 0.15) is 19.8 Å². The molecular formula is C19H28N4O3S. The van der Waals surface area contributed by atoms with Gasteiger partial charge in [0.1, 0.15) is 5.52 Å². The van der Waals surface area contributed by atoms with Crippen molar-refractivity contribution < 1.29 is 14.3 Å². The van der Waals surface area contributed by atoms with Crippen molar-refractivity contribution in [2.24, 2.45) is 0 Å². The van der Waals surface area contributed by atoms with E-state index < -0.39 is 0 Å². The van der Waals surface area contributed by atoms with E-state index in [4.69, 9.17) is 14.5 Å². The number of nitrogens with one attached hydrogen (secondary N) is 1. The molecule has 7 nitrogen and oxygen atoms in total. The summed E-state index contributed by atoms with van der Waals surface area (Å²) in [6.45, 7) is 7.45. The molecule has 1 saturated heterocycles. The van der Waals surface area contributed by atoms with E-state index in [1.807, 2.05) is 19.1 Å². The molecule has 0 unspecified atom stereocenters. The number of carbonyl (C=O) groups is 1. The minimum atomic E-state index is 0.148. The first-order valence-electron chi connectivity index (χ1n) is 9.41. The lowest BCUT2D eigenvalue weighted by Gasteiger charge is -2.34. The van der Waals surface area contributed by atoms with Gasteiger partial charge < -0.3 is 19.7 Å². The third-order valence-electron chi connectivity index (χ3n) is 4.76. The van der Waals surface area contributed by atoms with Crippen LogP contribution in [0, 0.1) is 0 Å². The molecule has 1 fully saturated rings. The molecule has 0 spiro atoms. The quantitative estimate of drug-likeness (QED) is 0.744. The summed E-state index contributed by atoms with van der Waals surface area (Å²) < 4.78 is 12.0. The van der Waals surface area contributed by atoms with Gasteiger partial charge in [-0.3, -0.25) is 9.69 Å². The molecule has 27 heavy (non-hydrogen) atoms. The van der Waals surface area contributed by atoms with Crippen LogP contribution >= 0.6 is 11.3 Å². The maximum absolute atomic E-state index is 11.5. The van der Waals surface area contributed by atoms with Crippen LogP contribution in [0.2, 0.25) is 0 Å². The molecule has 1 amide bonds. The third kappa shape index (κ3) is 4.62. The van der Waals surface area contributed by atoms with Gasteiger partial charge in [0.05, 0.1) is 18.9 Å². The zero-order valence-corrected chi connectivity index (χ0v) is 17.1. The number of nitrogens with zero attached hydrogens (tertiary/aromatic N) is 3. The summed E-state index contributed by atoms with van der Waals surface area (Å²) in [4.78, 5) is 21.1. The van der Waals surface area contributed by atoms with Crippen LogP contribution in [0.5, 0.6) is 11.5 Å². The number of methoxy groups -OCH3 is 2. The van der Waals surface area contributed by atoms with E-state index in [-0.39, 0.29) is 5.91 Å². The van der Waals surface area contributed by atoms with Crippen molar-refractivity contribution in [2.45, 2.75) is 19.8 Å². The Morgan fingerprint density at radius 1 is 1.22 bits per heavy atom. The fourth-order valence-corrected chi connectivity index (χ4v) is 4.28. The number of aromatic nitrogens is 1. The molecule has 1 aromatic heterocycles. The van der Waals surface area contributed by atoms with Gasteiger partial charge in [0.15, 0.2) is 16.6 Å². The number of piperazine rings is 1. The number of carbonyl (C=O) groups excluding carboxylic acids is 1. The van der Waals surface area contributed by atoms with E-state index in [9.17, 15) is 4.79 Å². The number of fused-ring (bicyclic) bond motifs is 1. The second-order valence-corrected chi connectivity index (χ2v) is 7.58. The molecule has 1 aliphatic rings. The molecule has 0 radical (unpaired) electrons. The van der Waals surface area contributed by atoms with E-state index in [0.29, 0.717) is 17.9 Å². The number of ether oxygens (including phenoxy) is 2. The van der Waals surface area contributed by atoms with Gasteiger partial charge in [0, 0.05) is 45.7 Å². The fourth-order valence-electron chi connectivity index (χ4n) is 3.26. The molecule has 3 rings (SSSR count). The Labute approximate surface area is 164 Å². The molecule has 0 atom stereocenters. The standard InChI is InChI=1S/C19H28N4O3S/c1-4-5-16(24)20-8-9-22-10-12-23(13-11-22)19-21-17-15(27-19)7-6-14(25-2)18(17)26-3/h6-7H,4-5,8-13H2,1-3H3,(H,20,24). The maximum Gasteiger partial charge on any atom is 0.220 e. The molecule has 1 aliphatic heterocycles. The van der Waals surface area contributed by atoms with Gasteiger partial charge in [-0.2, -0.15) is 0 Å². The van der Waals surface area contributed by atoms with Gasteiger partial charge in [-0.1, -0.05) is 18.3 Å². The van der Waals surface area contributed by atoms with Crippen molar-refractivity contribution in [1.82, 2.24) is 15.2 Å². The van der Waals surface area contributed by atoms with Crippen molar-refractivity contribution in [1.29, 1.82) is 0 Å². The van der Waals surface area contributed by atoms with E-state index >= 15 is 0 Å². The smallest absolute Gasteiger partial charge is 0.220 e. The van der Waals surface area contributed by atoms with Crippen LogP contribution < -0.4 is 19.7 Å². The molecule has 0 saturated carbocycles. The molecule has 1 N–H and O–H groups in total. The molecule has 8 heteroatoms. The van der Waals surface area contributed by atoms with Gasteiger partial charge in [-0.25, -0.2) is 4.98 Å². The zero-order chi connectivity index (χ0) is 19.2. The summed E-state index contributed by atoms with van der Waals surface area (Å²) in [5.41, 5.74) is 0.859. The Morgan fingerprint density at radius 3 is 2.67 bits per heavy atom. The molecular weight excluding hydrogens is 364 g/mol. The topological polar surface area (TPSA) is 66.9 Å². The Morgan fingerprint density at radius 2 is 2.00 bits per heavy atom. The molecule has 2 heterocycles. The lowest BCUT2D eigenvalue weighted by molar-refractivity contribution is -0.121. The Balaban J connectivity index is 1.57. The van der Waals surface area contributed by atoms with Crippen LogP contribution in [0.25, 0.3) is 10.2 Å². The van der Waals surface area contributed by atoms with E-state index in [0.717, 1.165) is 61.0 Å². The second-order valence-electron chi connectivity index (χ2n) is 6.57. The lowest BCUT2D eigenvalue weighted by Crippen LogP contribution is -2.48. The largest absolute Gasteiger partial charge is 0.493 e. The summed E-state index contributed by atoms with van der Waals surface area (Å²) in [6.07, 6.45) is 1.50. The van der Waals surface area contributed by atoms with Crippen LogP contribution in [0.3, 0.4) is 0 Å². The van der Waals surface area contributed by atoms with Crippen LogP contribution in [0.4, 0.5) is 5.13 Å². The third-order valence-corrected chi connectivity index (χ3v) is 5.84. The Hall–Kier alpha value is -2.06. The lowest BCUT2D eigenvalue weighted by atomic mass is 10.3. The number of thiazole rings is 1. The van der Waals surface area contributed by atoms with Crippen LogP contribution in [-0.4, -0.2) is 69.3 Å². The minimum Gasteiger partial charge on any atom is -0.493 e. The number of benzene rings is 1. The average molecular weight is 393 g/mol. The molecule has 2 aromatic rings. The van der Waals surface area contributed by atoms with E-state index in [1.165, 1.54) is 0 Å². The SMILES string of the molecule is CCCC(=O)NCCN1CCN(c2nc3c(OC)c(OC)ccc3s2)CC1. The first-order valence-corrected chi connectivity index (χ1v) is 10.2. The number of hydrogen-bond donors (Lipinski definition) is 1. The summed E-state index contributed by atoms with van der Waals surface area (Å²) in [5.74, 6) is 1.55.